The zero-order chi connectivity index (χ0) is 17.6. The Morgan fingerprint density at radius 3 is 2.46 bits per heavy atom. The summed E-state index contributed by atoms with van der Waals surface area (Å²) >= 11 is 0. The first-order valence-electron chi connectivity index (χ1n) is 9.18. The zero-order valence-corrected chi connectivity index (χ0v) is 15.9. The van der Waals surface area contributed by atoms with Crippen molar-refractivity contribution in [3.63, 3.8) is 0 Å². The van der Waals surface area contributed by atoms with Crippen molar-refractivity contribution < 1.29 is 9.47 Å². The Balaban J connectivity index is 1.93. The third kappa shape index (κ3) is 5.71. The van der Waals surface area contributed by atoms with Crippen molar-refractivity contribution in [3.05, 3.63) is 35.9 Å². The van der Waals surface area contributed by atoms with E-state index in [1.807, 2.05) is 24.4 Å². The number of benzene rings is 1. The molecule has 0 amide bonds. The van der Waals surface area contributed by atoms with Gasteiger partial charge in [0.05, 0.1) is 18.8 Å². The number of rotatable bonds is 9. The molecule has 1 aliphatic rings. The van der Waals surface area contributed by atoms with E-state index in [2.05, 4.69) is 46.8 Å². The Hall–Kier alpha value is -1.19. The quantitative estimate of drug-likeness (QED) is 0.477. The largest absolute Gasteiger partial charge is 0.372 e. The van der Waals surface area contributed by atoms with Gasteiger partial charge < -0.3 is 9.47 Å². The fourth-order valence-corrected chi connectivity index (χ4v) is 2.66. The highest BCUT2D eigenvalue weighted by molar-refractivity contribution is 5.79. The Labute approximate surface area is 147 Å². The van der Waals surface area contributed by atoms with Gasteiger partial charge >= 0.3 is 0 Å². The predicted molar refractivity (Wildman–Crippen MR) is 101 cm³/mol. The molecule has 134 valence electrons. The molecule has 0 aromatic heterocycles. The van der Waals surface area contributed by atoms with E-state index in [1.165, 1.54) is 0 Å². The molecule has 0 spiro atoms. The fraction of sp³-hybridized carbons (Fsp3) is 0.667. The third-order valence-corrected chi connectivity index (χ3v) is 5.24. The Morgan fingerprint density at radius 1 is 1.25 bits per heavy atom. The summed E-state index contributed by atoms with van der Waals surface area (Å²) in [5, 5.41) is 0. The van der Waals surface area contributed by atoms with E-state index in [1.54, 1.807) is 0 Å². The molecule has 0 saturated carbocycles. The van der Waals surface area contributed by atoms with Crippen LogP contribution in [0.25, 0.3) is 0 Å². The number of nitrogens with zero attached hydrogens (tertiary/aromatic N) is 1. The van der Waals surface area contributed by atoms with Crippen molar-refractivity contribution in [2.24, 2.45) is 10.4 Å². The van der Waals surface area contributed by atoms with E-state index in [0.29, 0.717) is 18.8 Å². The zero-order valence-electron chi connectivity index (χ0n) is 15.9. The molecule has 1 heterocycles. The van der Waals surface area contributed by atoms with Crippen molar-refractivity contribution >= 4 is 6.21 Å². The molecule has 0 radical (unpaired) electrons. The van der Waals surface area contributed by atoms with Crippen molar-refractivity contribution in [3.8, 4) is 0 Å². The lowest BCUT2D eigenvalue weighted by atomic mass is 9.74. The van der Waals surface area contributed by atoms with Crippen LogP contribution in [0.2, 0.25) is 0 Å². The van der Waals surface area contributed by atoms with Gasteiger partial charge in [0.25, 0.3) is 0 Å². The lowest BCUT2D eigenvalue weighted by Gasteiger charge is -2.42. The first-order valence-corrected chi connectivity index (χ1v) is 9.18. The molecular weight excluding hydrogens is 298 g/mol. The Morgan fingerprint density at radius 2 is 1.92 bits per heavy atom. The van der Waals surface area contributed by atoms with E-state index in [9.17, 15) is 0 Å². The Bertz CT molecular complexity index is 516. The summed E-state index contributed by atoms with van der Waals surface area (Å²) in [6.07, 6.45) is 5.41. The Kier molecular flexibility index (Phi) is 6.59. The standard InChI is InChI=1S/C21H33NO2/c1-6-18(22-14-17-10-8-7-9-11-17)12-13-21(5,20(2,3)4)24-16-19-15-23-19/h7-11,14,18-19H,6,12-13,15-16H2,1-5H3. The molecule has 3 heteroatoms. The molecule has 3 unspecified atom stereocenters. The van der Waals surface area contributed by atoms with Gasteiger partial charge in [-0.1, -0.05) is 58.0 Å². The van der Waals surface area contributed by atoms with E-state index in [4.69, 9.17) is 14.5 Å². The van der Waals surface area contributed by atoms with Crippen molar-refractivity contribution in [2.45, 2.75) is 71.6 Å². The van der Waals surface area contributed by atoms with Gasteiger partial charge in [-0.2, -0.15) is 0 Å². The average Bonchev–Trinajstić information content (AvgIpc) is 3.37. The molecule has 3 nitrogen and oxygen atoms in total. The number of ether oxygens (including phenoxy) is 2. The maximum absolute atomic E-state index is 6.30. The van der Waals surface area contributed by atoms with Crippen LogP contribution < -0.4 is 0 Å². The van der Waals surface area contributed by atoms with Crippen LogP contribution in [0.15, 0.2) is 35.3 Å². The summed E-state index contributed by atoms with van der Waals surface area (Å²) in [5.41, 5.74) is 1.09. The lowest BCUT2D eigenvalue weighted by Crippen LogP contribution is -2.44. The average molecular weight is 332 g/mol. The van der Waals surface area contributed by atoms with Crippen LogP contribution in [-0.4, -0.2) is 37.2 Å². The minimum absolute atomic E-state index is 0.0866. The lowest BCUT2D eigenvalue weighted by molar-refractivity contribution is -0.114. The van der Waals surface area contributed by atoms with Crippen LogP contribution in [0.5, 0.6) is 0 Å². The molecule has 1 aliphatic heterocycles. The van der Waals surface area contributed by atoms with Gasteiger partial charge in [-0.3, -0.25) is 4.99 Å². The number of hydrogen-bond donors (Lipinski definition) is 0. The first kappa shape index (κ1) is 19.1. The molecule has 0 bridgehead atoms. The molecule has 2 rings (SSSR count). The molecule has 1 fully saturated rings. The topological polar surface area (TPSA) is 34.1 Å². The fourth-order valence-electron chi connectivity index (χ4n) is 2.66. The van der Waals surface area contributed by atoms with E-state index in [-0.39, 0.29) is 11.0 Å². The molecule has 1 aromatic carbocycles. The minimum Gasteiger partial charge on any atom is -0.372 e. The summed E-state index contributed by atoms with van der Waals surface area (Å²) in [6.45, 7) is 12.8. The summed E-state index contributed by atoms with van der Waals surface area (Å²) in [4.78, 5) is 4.80. The summed E-state index contributed by atoms with van der Waals surface area (Å²) < 4.78 is 11.6. The molecule has 1 saturated heterocycles. The van der Waals surface area contributed by atoms with Gasteiger partial charge in [-0.25, -0.2) is 0 Å². The number of aliphatic imine (C=N–C) groups is 1. The number of epoxide rings is 1. The van der Waals surface area contributed by atoms with E-state index < -0.39 is 0 Å². The highest BCUT2D eigenvalue weighted by atomic mass is 16.6. The van der Waals surface area contributed by atoms with Crippen LogP contribution >= 0.6 is 0 Å². The van der Waals surface area contributed by atoms with Crippen molar-refractivity contribution in [2.75, 3.05) is 13.2 Å². The van der Waals surface area contributed by atoms with Gasteiger partial charge in [0, 0.05) is 12.3 Å². The maximum atomic E-state index is 6.30. The van der Waals surface area contributed by atoms with Crippen LogP contribution in [0.3, 0.4) is 0 Å². The highest BCUT2D eigenvalue weighted by Gasteiger charge is 2.40. The molecule has 1 aromatic rings. The van der Waals surface area contributed by atoms with Gasteiger partial charge in [0.1, 0.15) is 6.10 Å². The van der Waals surface area contributed by atoms with E-state index in [0.717, 1.165) is 31.4 Å². The second kappa shape index (κ2) is 8.26. The normalized spacial score (nSPS) is 21.6. The van der Waals surface area contributed by atoms with E-state index >= 15 is 0 Å². The van der Waals surface area contributed by atoms with Gasteiger partial charge in [-0.05, 0) is 37.2 Å². The first-order chi connectivity index (χ1) is 11.3. The van der Waals surface area contributed by atoms with Crippen molar-refractivity contribution in [1.82, 2.24) is 0 Å². The molecule has 24 heavy (non-hydrogen) atoms. The van der Waals surface area contributed by atoms with Gasteiger partial charge in [0.15, 0.2) is 0 Å². The molecule has 3 atom stereocenters. The molecule has 0 aliphatic carbocycles. The second-order valence-corrected chi connectivity index (χ2v) is 8.04. The second-order valence-electron chi connectivity index (χ2n) is 8.04. The van der Waals surface area contributed by atoms with Gasteiger partial charge in [0.2, 0.25) is 0 Å². The third-order valence-electron chi connectivity index (χ3n) is 5.24. The molecular formula is C21H33NO2. The van der Waals surface area contributed by atoms with Crippen LogP contribution in [0, 0.1) is 5.41 Å². The van der Waals surface area contributed by atoms with Crippen LogP contribution in [0.1, 0.15) is 59.4 Å². The van der Waals surface area contributed by atoms with Crippen LogP contribution in [0.4, 0.5) is 0 Å². The summed E-state index contributed by atoms with van der Waals surface area (Å²) in [6, 6.07) is 10.7. The minimum atomic E-state index is -0.158. The highest BCUT2D eigenvalue weighted by Crippen LogP contribution is 2.38. The monoisotopic (exact) mass is 331 g/mol. The summed E-state index contributed by atoms with van der Waals surface area (Å²) in [5.74, 6) is 0. The van der Waals surface area contributed by atoms with Crippen LogP contribution in [-0.2, 0) is 9.47 Å². The maximum Gasteiger partial charge on any atom is 0.104 e. The predicted octanol–water partition coefficient (Wildman–Crippen LogP) is 4.88. The smallest absolute Gasteiger partial charge is 0.104 e. The van der Waals surface area contributed by atoms with Gasteiger partial charge in [-0.15, -0.1) is 0 Å². The summed E-state index contributed by atoms with van der Waals surface area (Å²) in [7, 11) is 0. The molecule has 0 N–H and O–H groups in total. The number of hydrogen-bond acceptors (Lipinski definition) is 3. The van der Waals surface area contributed by atoms with Crippen molar-refractivity contribution in [1.29, 1.82) is 0 Å². The SMILES string of the molecule is CCC(CCC(C)(OCC1CO1)C(C)(C)C)N=Cc1ccccc1.